The highest BCUT2D eigenvalue weighted by atomic mass is 19.3. The van der Waals surface area contributed by atoms with Gasteiger partial charge in [0.15, 0.2) is 0 Å². The van der Waals surface area contributed by atoms with Crippen molar-refractivity contribution in [3.05, 3.63) is 53.2 Å². The summed E-state index contributed by atoms with van der Waals surface area (Å²) in [5, 5.41) is 7.81. The van der Waals surface area contributed by atoms with Crippen LogP contribution in [0.1, 0.15) is 44.5 Å². The topological polar surface area (TPSA) is 95.3 Å². The molecule has 0 aliphatic heterocycles. The molecular formula is C22H25F3N6O3. The molecular weight excluding hydrogens is 453 g/mol. The Hall–Kier alpha value is -3.70. The summed E-state index contributed by atoms with van der Waals surface area (Å²) in [5.41, 5.74) is -0.222. The number of aromatic nitrogens is 5. The van der Waals surface area contributed by atoms with E-state index in [0.29, 0.717) is 24.0 Å². The summed E-state index contributed by atoms with van der Waals surface area (Å²) in [6.45, 7) is 7.54. The number of ether oxygens (including phenoxy) is 2. The van der Waals surface area contributed by atoms with Crippen molar-refractivity contribution in [2.24, 2.45) is 0 Å². The Labute approximate surface area is 194 Å². The molecule has 0 bridgehead atoms. The quantitative estimate of drug-likeness (QED) is 0.512. The maximum absolute atomic E-state index is 13.8. The van der Waals surface area contributed by atoms with E-state index in [1.807, 2.05) is 0 Å². The normalized spacial score (nSPS) is 11.9. The van der Waals surface area contributed by atoms with Gasteiger partial charge < -0.3 is 9.47 Å². The molecule has 0 aliphatic rings. The molecule has 0 radical (unpaired) electrons. The van der Waals surface area contributed by atoms with E-state index in [-0.39, 0.29) is 18.3 Å². The van der Waals surface area contributed by atoms with Gasteiger partial charge in [0, 0.05) is 25.7 Å². The number of nitrogens with zero attached hydrogens (tertiary/aromatic N) is 6. The van der Waals surface area contributed by atoms with Crippen molar-refractivity contribution in [1.82, 2.24) is 25.0 Å². The van der Waals surface area contributed by atoms with Crippen molar-refractivity contribution >= 4 is 11.9 Å². The lowest BCUT2D eigenvalue weighted by Crippen LogP contribution is -2.35. The van der Waals surface area contributed by atoms with Gasteiger partial charge in [0.05, 0.1) is 17.4 Å². The average molecular weight is 478 g/mol. The summed E-state index contributed by atoms with van der Waals surface area (Å²) >= 11 is 0. The molecule has 0 N–H and O–H groups in total. The van der Waals surface area contributed by atoms with Crippen molar-refractivity contribution in [2.45, 2.75) is 52.7 Å². The third-order valence-corrected chi connectivity index (χ3v) is 4.49. The molecule has 0 aliphatic carbocycles. The van der Waals surface area contributed by atoms with Gasteiger partial charge in [0.25, 0.3) is 5.92 Å². The maximum Gasteiger partial charge on any atom is 0.415 e. The van der Waals surface area contributed by atoms with Gasteiger partial charge in [-0.05, 0) is 45.9 Å². The predicted octanol–water partition coefficient (Wildman–Crippen LogP) is 4.57. The van der Waals surface area contributed by atoms with E-state index in [4.69, 9.17) is 9.47 Å². The fraction of sp³-hybridized carbons (Fsp3) is 0.409. The Morgan fingerprint density at radius 2 is 1.91 bits per heavy atom. The monoisotopic (exact) mass is 478 g/mol. The van der Waals surface area contributed by atoms with Gasteiger partial charge in [0.1, 0.15) is 29.5 Å². The first-order valence-corrected chi connectivity index (χ1v) is 10.3. The van der Waals surface area contributed by atoms with Crippen molar-refractivity contribution < 1.29 is 27.4 Å². The third kappa shape index (κ3) is 6.00. The van der Waals surface area contributed by atoms with Crippen molar-refractivity contribution in [2.75, 3.05) is 11.9 Å². The summed E-state index contributed by atoms with van der Waals surface area (Å²) in [5.74, 6) is -4.05. The number of amides is 1. The summed E-state index contributed by atoms with van der Waals surface area (Å²) in [6.07, 6.45) is 2.37. The van der Waals surface area contributed by atoms with Crippen LogP contribution in [0.5, 0.6) is 6.01 Å². The molecule has 182 valence electrons. The number of anilines is 1. The third-order valence-electron chi connectivity index (χ3n) is 4.49. The highest BCUT2D eigenvalue weighted by Crippen LogP contribution is 2.30. The number of benzene rings is 1. The fourth-order valence-corrected chi connectivity index (χ4v) is 2.86. The molecule has 3 aromatic rings. The summed E-state index contributed by atoms with van der Waals surface area (Å²) in [4.78, 5) is 22.0. The fourth-order valence-electron chi connectivity index (χ4n) is 2.86. The SMILES string of the molecule is Cc1cnc(OCc2cn(-c3ccc(F)c(C(C)(F)F)c3)nn2)nc1N(C)C(=O)OC(C)(C)C. The van der Waals surface area contributed by atoms with Gasteiger partial charge >= 0.3 is 12.1 Å². The Morgan fingerprint density at radius 3 is 2.56 bits per heavy atom. The van der Waals surface area contributed by atoms with Gasteiger partial charge in [-0.2, -0.15) is 4.98 Å². The number of carbonyl (C=O) groups is 1. The molecule has 9 nitrogen and oxygen atoms in total. The number of hydrogen-bond acceptors (Lipinski definition) is 7. The first-order valence-electron chi connectivity index (χ1n) is 10.3. The van der Waals surface area contributed by atoms with E-state index in [0.717, 1.165) is 12.1 Å². The van der Waals surface area contributed by atoms with E-state index in [1.165, 1.54) is 35.1 Å². The van der Waals surface area contributed by atoms with Crippen LogP contribution >= 0.6 is 0 Å². The number of hydrogen-bond donors (Lipinski definition) is 0. The van der Waals surface area contributed by atoms with Crippen LogP contribution in [0.2, 0.25) is 0 Å². The highest BCUT2D eigenvalue weighted by molar-refractivity contribution is 5.86. The Balaban J connectivity index is 1.73. The number of alkyl halides is 2. The molecule has 0 atom stereocenters. The molecule has 0 saturated carbocycles. The van der Waals surface area contributed by atoms with Gasteiger partial charge in [-0.25, -0.2) is 27.6 Å². The molecule has 1 aromatic carbocycles. The number of carbonyl (C=O) groups excluding carboxylic acids is 1. The van der Waals surface area contributed by atoms with Crippen LogP contribution in [-0.2, 0) is 17.3 Å². The molecule has 2 heterocycles. The smallest absolute Gasteiger partial charge is 0.415 e. The standard InChI is InChI=1S/C22H25F3N6O3/c1-13-10-26-19(27-18(13)30(6)20(32)34-21(2,3)4)33-12-14-11-31(29-28-14)15-7-8-17(23)16(9-15)22(5,24)25/h7-11H,12H2,1-6H3. The van der Waals surface area contributed by atoms with Crippen LogP contribution in [0.3, 0.4) is 0 Å². The van der Waals surface area contributed by atoms with E-state index in [1.54, 1.807) is 27.7 Å². The van der Waals surface area contributed by atoms with Crippen LogP contribution in [0, 0.1) is 12.7 Å². The second-order valence-corrected chi connectivity index (χ2v) is 8.69. The van der Waals surface area contributed by atoms with Crippen molar-refractivity contribution in [3.8, 4) is 11.7 Å². The van der Waals surface area contributed by atoms with E-state index >= 15 is 0 Å². The predicted molar refractivity (Wildman–Crippen MR) is 117 cm³/mol. The largest absolute Gasteiger partial charge is 0.457 e. The van der Waals surface area contributed by atoms with Gasteiger partial charge in [-0.3, -0.25) is 4.90 Å². The first kappa shape index (κ1) is 24.9. The van der Waals surface area contributed by atoms with Crippen LogP contribution < -0.4 is 9.64 Å². The zero-order valence-corrected chi connectivity index (χ0v) is 19.6. The lowest BCUT2D eigenvalue weighted by Gasteiger charge is -2.24. The maximum atomic E-state index is 13.8. The molecule has 0 fully saturated rings. The molecule has 1 amide bonds. The lowest BCUT2D eigenvalue weighted by atomic mass is 10.1. The summed E-state index contributed by atoms with van der Waals surface area (Å²) in [7, 11) is 1.52. The van der Waals surface area contributed by atoms with Crippen LogP contribution in [-0.4, -0.2) is 43.7 Å². The minimum Gasteiger partial charge on any atom is -0.457 e. The zero-order chi connectivity index (χ0) is 25.3. The Bertz CT molecular complexity index is 1190. The number of halogens is 3. The highest BCUT2D eigenvalue weighted by Gasteiger charge is 2.29. The average Bonchev–Trinajstić information content (AvgIpc) is 3.20. The molecule has 2 aromatic heterocycles. The Morgan fingerprint density at radius 1 is 1.21 bits per heavy atom. The number of aryl methyl sites for hydroxylation is 1. The molecule has 34 heavy (non-hydrogen) atoms. The molecule has 0 saturated heterocycles. The van der Waals surface area contributed by atoms with Crippen LogP contribution in [0.25, 0.3) is 5.69 Å². The second kappa shape index (κ2) is 9.27. The number of rotatable bonds is 6. The van der Waals surface area contributed by atoms with E-state index in [2.05, 4.69) is 20.3 Å². The molecule has 3 rings (SSSR count). The van der Waals surface area contributed by atoms with Crippen molar-refractivity contribution in [1.29, 1.82) is 0 Å². The summed E-state index contributed by atoms with van der Waals surface area (Å²) in [6, 6.07) is 3.26. The van der Waals surface area contributed by atoms with Crippen molar-refractivity contribution in [3.63, 3.8) is 0 Å². The second-order valence-electron chi connectivity index (χ2n) is 8.69. The van der Waals surface area contributed by atoms with Gasteiger partial charge in [-0.15, -0.1) is 5.10 Å². The molecule has 0 unspecified atom stereocenters. The van der Waals surface area contributed by atoms with Gasteiger partial charge in [0.2, 0.25) is 0 Å². The molecule has 0 spiro atoms. The lowest BCUT2D eigenvalue weighted by molar-refractivity contribution is 0.0137. The Kier molecular flexibility index (Phi) is 6.80. The minimum absolute atomic E-state index is 0.0137. The minimum atomic E-state index is -3.35. The van der Waals surface area contributed by atoms with Crippen LogP contribution in [0.15, 0.2) is 30.6 Å². The van der Waals surface area contributed by atoms with Gasteiger partial charge in [-0.1, -0.05) is 5.21 Å². The molecule has 12 heteroatoms. The zero-order valence-electron chi connectivity index (χ0n) is 19.6. The summed E-state index contributed by atoms with van der Waals surface area (Å²) < 4.78 is 53.1. The van der Waals surface area contributed by atoms with E-state index in [9.17, 15) is 18.0 Å². The first-order chi connectivity index (χ1) is 15.7. The van der Waals surface area contributed by atoms with Crippen LogP contribution in [0.4, 0.5) is 23.8 Å². The van der Waals surface area contributed by atoms with E-state index < -0.39 is 29.0 Å².